The lowest BCUT2D eigenvalue weighted by molar-refractivity contribution is 0.111. The van der Waals surface area contributed by atoms with Gasteiger partial charge in [-0.2, -0.15) is 4.98 Å². The zero-order chi connectivity index (χ0) is 17.1. The van der Waals surface area contributed by atoms with E-state index < -0.39 is 0 Å². The van der Waals surface area contributed by atoms with Crippen molar-refractivity contribution in [3.8, 4) is 11.4 Å². The molecule has 1 aliphatic heterocycles. The van der Waals surface area contributed by atoms with Crippen LogP contribution in [0.5, 0.6) is 0 Å². The van der Waals surface area contributed by atoms with Gasteiger partial charge >= 0.3 is 0 Å². The normalized spacial score (nSPS) is 18.4. The SMILES string of the molecule is Cc1ccc(CN2CCCCC2c2nc(-c3ccncc3)no2)cc1. The zero-order valence-electron chi connectivity index (χ0n) is 14.4. The predicted octanol–water partition coefficient (Wildman–Crippen LogP) is 4.17. The lowest BCUT2D eigenvalue weighted by atomic mass is 10.0. The third-order valence-electron chi connectivity index (χ3n) is 4.79. The maximum atomic E-state index is 5.62. The van der Waals surface area contributed by atoms with E-state index in [0.29, 0.717) is 5.82 Å². The Kier molecular flexibility index (Phi) is 4.57. The monoisotopic (exact) mass is 334 g/mol. The molecule has 5 heteroatoms. The zero-order valence-corrected chi connectivity index (χ0v) is 14.4. The molecule has 0 amide bonds. The molecule has 4 rings (SSSR count). The number of rotatable bonds is 4. The van der Waals surface area contributed by atoms with Gasteiger partial charge in [0.1, 0.15) is 0 Å². The maximum absolute atomic E-state index is 5.62. The van der Waals surface area contributed by atoms with Crippen LogP contribution in [0.2, 0.25) is 0 Å². The van der Waals surface area contributed by atoms with Gasteiger partial charge in [-0.05, 0) is 44.0 Å². The molecule has 1 unspecified atom stereocenters. The van der Waals surface area contributed by atoms with E-state index in [0.717, 1.165) is 31.0 Å². The summed E-state index contributed by atoms with van der Waals surface area (Å²) in [7, 11) is 0. The van der Waals surface area contributed by atoms with Gasteiger partial charge in [0, 0.05) is 24.5 Å². The van der Waals surface area contributed by atoms with E-state index in [1.165, 1.54) is 24.0 Å². The predicted molar refractivity (Wildman–Crippen MR) is 95.7 cm³/mol. The summed E-state index contributed by atoms with van der Waals surface area (Å²) in [5, 5.41) is 4.17. The van der Waals surface area contributed by atoms with Crippen LogP contribution in [0.1, 0.15) is 42.3 Å². The Bertz CT molecular complexity index is 813. The van der Waals surface area contributed by atoms with E-state index in [1.54, 1.807) is 12.4 Å². The van der Waals surface area contributed by atoms with Crippen LogP contribution in [0.25, 0.3) is 11.4 Å². The van der Waals surface area contributed by atoms with Crippen molar-refractivity contribution in [3.05, 3.63) is 65.8 Å². The van der Waals surface area contributed by atoms with Crippen molar-refractivity contribution >= 4 is 0 Å². The average molecular weight is 334 g/mol. The molecule has 0 radical (unpaired) electrons. The highest BCUT2D eigenvalue weighted by Crippen LogP contribution is 2.32. The number of aromatic nitrogens is 3. The minimum absolute atomic E-state index is 0.193. The van der Waals surface area contributed by atoms with Gasteiger partial charge in [-0.1, -0.05) is 41.4 Å². The summed E-state index contributed by atoms with van der Waals surface area (Å²) in [5.74, 6) is 1.36. The standard InChI is InChI=1S/C20H22N4O/c1-15-5-7-16(8-6-15)14-24-13-3-2-4-18(24)20-22-19(23-25-20)17-9-11-21-12-10-17/h5-12,18H,2-4,13-14H2,1H3. The van der Waals surface area contributed by atoms with Gasteiger partial charge in [0.05, 0.1) is 6.04 Å². The highest BCUT2D eigenvalue weighted by molar-refractivity contribution is 5.52. The molecule has 0 saturated carbocycles. The number of hydrogen-bond acceptors (Lipinski definition) is 5. The molecule has 0 spiro atoms. The first-order chi connectivity index (χ1) is 12.3. The van der Waals surface area contributed by atoms with Crippen LogP contribution in [-0.4, -0.2) is 26.6 Å². The Balaban J connectivity index is 1.55. The summed E-state index contributed by atoms with van der Waals surface area (Å²) < 4.78 is 5.62. The summed E-state index contributed by atoms with van der Waals surface area (Å²) in [4.78, 5) is 11.2. The number of likely N-dealkylation sites (tertiary alicyclic amines) is 1. The van der Waals surface area contributed by atoms with E-state index in [1.807, 2.05) is 12.1 Å². The van der Waals surface area contributed by atoms with Crippen LogP contribution in [-0.2, 0) is 6.54 Å². The quantitative estimate of drug-likeness (QED) is 0.717. The number of piperidine rings is 1. The largest absolute Gasteiger partial charge is 0.337 e. The summed E-state index contributed by atoms with van der Waals surface area (Å²) in [6, 6.07) is 12.7. The van der Waals surface area contributed by atoms with Gasteiger partial charge in [0.2, 0.25) is 11.7 Å². The summed E-state index contributed by atoms with van der Waals surface area (Å²) >= 11 is 0. The van der Waals surface area contributed by atoms with Crippen molar-refractivity contribution in [2.45, 2.75) is 38.8 Å². The van der Waals surface area contributed by atoms with Gasteiger partial charge in [-0.3, -0.25) is 9.88 Å². The molecule has 3 heterocycles. The van der Waals surface area contributed by atoms with Crippen molar-refractivity contribution in [1.82, 2.24) is 20.0 Å². The second-order valence-electron chi connectivity index (χ2n) is 6.66. The van der Waals surface area contributed by atoms with Crippen LogP contribution in [0.15, 0.2) is 53.3 Å². The van der Waals surface area contributed by atoms with Gasteiger partial charge in [0.25, 0.3) is 0 Å². The molecule has 0 aliphatic carbocycles. The Morgan fingerprint density at radius 2 is 1.88 bits per heavy atom. The molecule has 1 aromatic carbocycles. The summed E-state index contributed by atoms with van der Waals surface area (Å²) in [5.41, 5.74) is 3.55. The number of pyridine rings is 1. The number of hydrogen-bond donors (Lipinski definition) is 0. The fraction of sp³-hybridized carbons (Fsp3) is 0.350. The van der Waals surface area contributed by atoms with Crippen LogP contribution in [0.4, 0.5) is 0 Å². The van der Waals surface area contributed by atoms with E-state index in [2.05, 4.69) is 51.2 Å². The summed E-state index contributed by atoms with van der Waals surface area (Å²) in [6.07, 6.45) is 6.96. The van der Waals surface area contributed by atoms with Crippen molar-refractivity contribution in [2.24, 2.45) is 0 Å². The Labute approximate surface area is 147 Å². The minimum atomic E-state index is 0.193. The first-order valence-electron chi connectivity index (χ1n) is 8.83. The molecule has 25 heavy (non-hydrogen) atoms. The smallest absolute Gasteiger partial charge is 0.244 e. The molecule has 1 fully saturated rings. The Morgan fingerprint density at radius 1 is 1.08 bits per heavy atom. The summed E-state index contributed by atoms with van der Waals surface area (Å²) in [6.45, 7) is 4.09. The molecule has 0 N–H and O–H groups in total. The van der Waals surface area contributed by atoms with Gasteiger partial charge in [-0.25, -0.2) is 0 Å². The molecule has 1 atom stereocenters. The fourth-order valence-electron chi connectivity index (χ4n) is 3.38. The average Bonchev–Trinajstić information content (AvgIpc) is 3.15. The first-order valence-corrected chi connectivity index (χ1v) is 8.83. The number of aryl methyl sites for hydroxylation is 1. The third kappa shape index (κ3) is 3.61. The Morgan fingerprint density at radius 3 is 2.68 bits per heavy atom. The van der Waals surface area contributed by atoms with E-state index in [9.17, 15) is 0 Å². The highest BCUT2D eigenvalue weighted by Gasteiger charge is 2.29. The molecule has 1 aliphatic rings. The molecule has 5 nitrogen and oxygen atoms in total. The van der Waals surface area contributed by atoms with Crippen molar-refractivity contribution in [1.29, 1.82) is 0 Å². The molecular formula is C20H22N4O. The van der Waals surface area contributed by atoms with Crippen LogP contribution >= 0.6 is 0 Å². The fourth-order valence-corrected chi connectivity index (χ4v) is 3.38. The first kappa shape index (κ1) is 16.0. The van der Waals surface area contributed by atoms with Crippen molar-refractivity contribution in [2.75, 3.05) is 6.54 Å². The second kappa shape index (κ2) is 7.15. The van der Waals surface area contributed by atoms with E-state index in [4.69, 9.17) is 4.52 Å². The molecule has 1 saturated heterocycles. The number of benzene rings is 1. The van der Waals surface area contributed by atoms with Crippen LogP contribution in [0, 0.1) is 6.92 Å². The van der Waals surface area contributed by atoms with E-state index in [-0.39, 0.29) is 6.04 Å². The lowest BCUT2D eigenvalue weighted by Gasteiger charge is -2.33. The third-order valence-corrected chi connectivity index (χ3v) is 4.79. The Hall–Kier alpha value is -2.53. The molecule has 2 aromatic heterocycles. The second-order valence-corrected chi connectivity index (χ2v) is 6.66. The number of nitrogens with zero attached hydrogens (tertiary/aromatic N) is 4. The highest BCUT2D eigenvalue weighted by atomic mass is 16.5. The molecule has 3 aromatic rings. The topological polar surface area (TPSA) is 55.1 Å². The molecular weight excluding hydrogens is 312 g/mol. The van der Waals surface area contributed by atoms with Crippen molar-refractivity contribution in [3.63, 3.8) is 0 Å². The minimum Gasteiger partial charge on any atom is -0.337 e. The lowest BCUT2D eigenvalue weighted by Crippen LogP contribution is -2.33. The van der Waals surface area contributed by atoms with Gasteiger partial charge < -0.3 is 4.52 Å². The maximum Gasteiger partial charge on any atom is 0.244 e. The van der Waals surface area contributed by atoms with Crippen LogP contribution < -0.4 is 0 Å². The van der Waals surface area contributed by atoms with Crippen LogP contribution in [0.3, 0.4) is 0 Å². The molecule has 0 bridgehead atoms. The van der Waals surface area contributed by atoms with Gasteiger partial charge in [-0.15, -0.1) is 0 Å². The van der Waals surface area contributed by atoms with Crippen molar-refractivity contribution < 1.29 is 4.52 Å². The van der Waals surface area contributed by atoms with E-state index >= 15 is 0 Å². The molecule has 128 valence electrons. The van der Waals surface area contributed by atoms with Gasteiger partial charge in [0.15, 0.2) is 0 Å².